The van der Waals surface area contributed by atoms with Crippen molar-refractivity contribution in [1.29, 1.82) is 0 Å². The summed E-state index contributed by atoms with van der Waals surface area (Å²) in [6.45, 7) is 0. The quantitative estimate of drug-likeness (QED) is 0.510. The second-order valence-corrected chi connectivity index (χ2v) is 9.65. The fourth-order valence-corrected chi connectivity index (χ4v) is 4.09. The topological polar surface area (TPSA) is 134 Å². The van der Waals surface area contributed by atoms with E-state index in [2.05, 4.69) is 19.7 Å². The third-order valence-electron chi connectivity index (χ3n) is 3.79. The molecule has 11 heteroatoms. The number of benzene rings is 2. The van der Waals surface area contributed by atoms with E-state index in [0.29, 0.717) is 5.69 Å². The standard InChI is InChI=1S/C19H18N4O5S2/c1-29(25,26)22-17-7-3-2-6-16(17)19(24)21-14-9-11-15(12-10-14)30(27,28)23-18-8-4-5-13-20-18/h2-13,22H,1H3,(H,20,23)(H,21,24). The normalized spacial score (nSPS) is 11.5. The third-order valence-corrected chi connectivity index (χ3v) is 5.75. The molecule has 0 unspecified atom stereocenters. The number of nitrogens with zero attached hydrogens (tertiary/aromatic N) is 1. The van der Waals surface area contributed by atoms with E-state index in [1.165, 1.54) is 48.7 Å². The van der Waals surface area contributed by atoms with E-state index in [-0.39, 0.29) is 22.0 Å². The Labute approximate surface area is 174 Å². The van der Waals surface area contributed by atoms with Crippen LogP contribution in [0.25, 0.3) is 0 Å². The molecule has 0 aliphatic heterocycles. The van der Waals surface area contributed by atoms with Crippen LogP contribution in [0.1, 0.15) is 10.4 Å². The van der Waals surface area contributed by atoms with Gasteiger partial charge in [0.2, 0.25) is 10.0 Å². The van der Waals surface area contributed by atoms with Gasteiger partial charge in [0.25, 0.3) is 15.9 Å². The van der Waals surface area contributed by atoms with Gasteiger partial charge in [0.05, 0.1) is 22.4 Å². The van der Waals surface area contributed by atoms with Crippen LogP contribution in [0.15, 0.2) is 77.8 Å². The summed E-state index contributed by atoms with van der Waals surface area (Å²) in [6.07, 6.45) is 2.45. The minimum absolute atomic E-state index is 0.00899. The van der Waals surface area contributed by atoms with Crippen LogP contribution < -0.4 is 14.8 Å². The zero-order valence-corrected chi connectivity index (χ0v) is 17.4. The summed E-state index contributed by atoms with van der Waals surface area (Å²) in [5.74, 6) is -0.367. The van der Waals surface area contributed by atoms with Crippen molar-refractivity contribution in [2.24, 2.45) is 0 Å². The number of para-hydroxylation sites is 1. The minimum Gasteiger partial charge on any atom is -0.322 e. The molecular formula is C19H18N4O5S2. The Morgan fingerprint density at radius 2 is 1.50 bits per heavy atom. The van der Waals surface area contributed by atoms with Crippen LogP contribution in [0.5, 0.6) is 0 Å². The molecule has 0 saturated carbocycles. The van der Waals surface area contributed by atoms with E-state index in [9.17, 15) is 21.6 Å². The lowest BCUT2D eigenvalue weighted by Crippen LogP contribution is -2.17. The van der Waals surface area contributed by atoms with Crippen molar-refractivity contribution in [2.75, 3.05) is 21.0 Å². The van der Waals surface area contributed by atoms with Gasteiger partial charge in [-0.2, -0.15) is 0 Å². The van der Waals surface area contributed by atoms with Crippen LogP contribution >= 0.6 is 0 Å². The van der Waals surface area contributed by atoms with E-state index in [4.69, 9.17) is 0 Å². The fourth-order valence-electron chi connectivity index (χ4n) is 2.51. The average molecular weight is 447 g/mol. The van der Waals surface area contributed by atoms with Crippen molar-refractivity contribution in [1.82, 2.24) is 4.98 Å². The summed E-state index contributed by atoms with van der Waals surface area (Å²) in [4.78, 5) is 16.5. The van der Waals surface area contributed by atoms with Crippen LogP contribution in [-0.2, 0) is 20.0 Å². The summed E-state index contributed by atoms with van der Waals surface area (Å²) in [7, 11) is -7.40. The van der Waals surface area contributed by atoms with E-state index in [1.807, 2.05) is 0 Å². The molecule has 156 valence electrons. The molecule has 0 fully saturated rings. The SMILES string of the molecule is CS(=O)(=O)Nc1ccccc1C(=O)Nc1ccc(S(=O)(=O)Nc2ccccn2)cc1. The molecule has 2 aromatic carbocycles. The van der Waals surface area contributed by atoms with Crippen LogP contribution in [0.2, 0.25) is 0 Å². The zero-order valence-electron chi connectivity index (χ0n) is 15.7. The lowest BCUT2D eigenvalue weighted by Gasteiger charge is -2.12. The number of nitrogens with one attached hydrogen (secondary N) is 3. The van der Waals surface area contributed by atoms with Crippen LogP contribution in [0.3, 0.4) is 0 Å². The first kappa shape index (κ1) is 21.3. The zero-order chi connectivity index (χ0) is 21.8. The number of pyridine rings is 1. The first-order valence-electron chi connectivity index (χ1n) is 8.56. The summed E-state index contributed by atoms with van der Waals surface area (Å²) in [5.41, 5.74) is 0.596. The molecule has 1 amide bonds. The van der Waals surface area contributed by atoms with Gasteiger partial charge in [-0.25, -0.2) is 21.8 Å². The van der Waals surface area contributed by atoms with E-state index in [0.717, 1.165) is 6.26 Å². The van der Waals surface area contributed by atoms with Crippen molar-refractivity contribution >= 4 is 43.1 Å². The summed E-state index contributed by atoms with van der Waals surface area (Å²) in [5, 5.41) is 2.61. The van der Waals surface area contributed by atoms with Crippen molar-refractivity contribution < 1.29 is 21.6 Å². The maximum absolute atomic E-state index is 12.6. The monoisotopic (exact) mass is 446 g/mol. The van der Waals surface area contributed by atoms with Crippen LogP contribution in [0.4, 0.5) is 17.2 Å². The number of carbonyl (C=O) groups excluding carboxylic acids is 1. The van der Waals surface area contributed by atoms with Gasteiger partial charge in [-0.1, -0.05) is 18.2 Å². The van der Waals surface area contributed by atoms with Crippen LogP contribution in [-0.4, -0.2) is 34.0 Å². The molecular weight excluding hydrogens is 428 g/mol. The largest absolute Gasteiger partial charge is 0.322 e. The number of aromatic nitrogens is 1. The van der Waals surface area contributed by atoms with Crippen molar-refractivity contribution in [2.45, 2.75) is 4.90 Å². The smallest absolute Gasteiger partial charge is 0.263 e. The number of hydrogen-bond acceptors (Lipinski definition) is 6. The van der Waals surface area contributed by atoms with Gasteiger partial charge in [0.1, 0.15) is 5.82 Å². The van der Waals surface area contributed by atoms with Gasteiger partial charge in [0.15, 0.2) is 0 Å². The summed E-state index contributed by atoms with van der Waals surface area (Å²) < 4.78 is 52.5. The maximum Gasteiger partial charge on any atom is 0.263 e. The predicted molar refractivity (Wildman–Crippen MR) is 114 cm³/mol. The Hall–Kier alpha value is -3.44. The number of sulfonamides is 2. The maximum atomic E-state index is 12.6. The molecule has 1 heterocycles. The Morgan fingerprint density at radius 3 is 2.13 bits per heavy atom. The Balaban J connectivity index is 1.76. The second kappa shape index (κ2) is 8.51. The molecule has 0 radical (unpaired) electrons. The first-order chi connectivity index (χ1) is 14.1. The van der Waals surface area contributed by atoms with Crippen molar-refractivity contribution in [3.63, 3.8) is 0 Å². The van der Waals surface area contributed by atoms with Gasteiger partial charge in [-0.05, 0) is 48.5 Å². The molecule has 3 rings (SSSR count). The highest BCUT2D eigenvalue weighted by Crippen LogP contribution is 2.20. The molecule has 3 N–H and O–H groups in total. The van der Waals surface area contributed by atoms with Gasteiger partial charge < -0.3 is 5.32 Å². The van der Waals surface area contributed by atoms with Crippen LogP contribution in [0, 0.1) is 0 Å². The molecule has 30 heavy (non-hydrogen) atoms. The third kappa shape index (κ3) is 5.55. The van der Waals surface area contributed by atoms with Crippen molar-refractivity contribution in [3.05, 3.63) is 78.5 Å². The molecule has 0 bridgehead atoms. The fraction of sp³-hybridized carbons (Fsp3) is 0.0526. The highest BCUT2D eigenvalue weighted by atomic mass is 32.2. The lowest BCUT2D eigenvalue weighted by atomic mass is 10.1. The van der Waals surface area contributed by atoms with Gasteiger partial charge in [0, 0.05) is 11.9 Å². The molecule has 0 aliphatic carbocycles. The summed E-state index contributed by atoms with van der Waals surface area (Å²) >= 11 is 0. The van der Waals surface area contributed by atoms with Gasteiger partial charge in [-0.3, -0.25) is 14.2 Å². The predicted octanol–water partition coefficient (Wildman–Crippen LogP) is 2.51. The van der Waals surface area contributed by atoms with Gasteiger partial charge in [-0.15, -0.1) is 0 Å². The van der Waals surface area contributed by atoms with E-state index in [1.54, 1.807) is 24.3 Å². The number of rotatable bonds is 7. The molecule has 0 spiro atoms. The highest BCUT2D eigenvalue weighted by Gasteiger charge is 2.16. The molecule has 9 nitrogen and oxygen atoms in total. The summed E-state index contributed by atoms with van der Waals surface area (Å²) in [6, 6.07) is 16.5. The number of amides is 1. The molecule has 3 aromatic rings. The minimum atomic E-state index is -3.84. The average Bonchev–Trinajstić information content (AvgIpc) is 2.68. The Kier molecular flexibility index (Phi) is 6.04. The first-order valence-corrected chi connectivity index (χ1v) is 11.9. The molecule has 0 aliphatic rings. The highest BCUT2D eigenvalue weighted by molar-refractivity contribution is 7.92. The number of carbonyl (C=O) groups is 1. The lowest BCUT2D eigenvalue weighted by molar-refractivity contribution is 0.102. The second-order valence-electron chi connectivity index (χ2n) is 6.22. The number of hydrogen-bond donors (Lipinski definition) is 3. The molecule has 0 atom stereocenters. The van der Waals surface area contributed by atoms with Crippen molar-refractivity contribution in [3.8, 4) is 0 Å². The Bertz CT molecular complexity index is 1260. The molecule has 1 aromatic heterocycles. The number of anilines is 3. The van der Waals surface area contributed by atoms with E-state index < -0.39 is 26.0 Å². The van der Waals surface area contributed by atoms with E-state index >= 15 is 0 Å². The van der Waals surface area contributed by atoms with Gasteiger partial charge >= 0.3 is 0 Å². The Morgan fingerprint density at radius 1 is 0.833 bits per heavy atom. The molecule has 0 saturated heterocycles.